The Hall–Kier alpha value is -2.90. The van der Waals surface area contributed by atoms with Crippen LogP contribution in [0, 0.1) is 19.7 Å². The molecule has 0 fully saturated rings. The summed E-state index contributed by atoms with van der Waals surface area (Å²) in [7, 11) is 1.35. The SMILES string of the molecule is COC(=O)Cc1csc2nc(-c3cc(C)ccc3F)c(Nc3c(C)cccc3Cl)n12. The van der Waals surface area contributed by atoms with Crippen molar-refractivity contribution in [1.82, 2.24) is 9.38 Å². The minimum absolute atomic E-state index is 0.0682. The molecule has 0 saturated carbocycles. The number of carbonyl (C=O) groups excluding carboxylic acids is 1. The lowest BCUT2D eigenvalue weighted by molar-refractivity contribution is -0.139. The van der Waals surface area contributed by atoms with Crippen molar-refractivity contribution in [3.63, 3.8) is 0 Å². The van der Waals surface area contributed by atoms with Crippen LogP contribution in [0.3, 0.4) is 0 Å². The largest absolute Gasteiger partial charge is 0.469 e. The Morgan fingerprint density at radius 1 is 1.30 bits per heavy atom. The van der Waals surface area contributed by atoms with Crippen LogP contribution < -0.4 is 5.32 Å². The fourth-order valence-corrected chi connectivity index (χ4v) is 4.45. The smallest absolute Gasteiger partial charge is 0.311 e. The molecule has 0 amide bonds. The zero-order valence-electron chi connectivity index (χ0n) is 16.6. The van der Waals surface area contributed by atoms with Gasteiger partial charge < -0.3 is 10.1 Å². The van der Waals surface area contributed by atoms with E-state index < -0.39 is 0 Å². The van der Waals surface area contributed by atoms with Crippen molar-refractivity contribution in [3.05, 3.63) is 69.4 Å². The lowest BCUT2D eigenvalue weighted by atomic mass is 10.1. The number of carbonyl (C=O) groups is 1. The van der Waals surface area contributed by atoms with E-state index >= 15 is 0 Å². The van der Waals surface area contributed by atoms with Gasteiger partial charge in [0.15, 0.2) is 4.96 Å². The van der Waals surface area contributed by atoms with E-state index in [4.69, 9.17) is 16.3 Å². The zero-order valence-corrected chi connectivity index (χ0v) is 18.2. The number of para-hydroxylation sites is 1. The van der Waals surface area contributed by atoms with Gasteiger partial charge in [-0.15, -0.1) is 11.3 Å². The molecular formula is C22H19ClFN3O2S. The number of imidazole rings is 1. The monoisotopic (exact) mass is 443 g/mol. The highest BCUT2D eigenvalue weighted by Crippen LogP contribution is 2.38. The molecular weight excluding hydrogens is 425 g/mol. The molecule has 4 rings (SSSR count). The lowest BCUT2D eigenvalue weighted by Crippen LogP contribution is -2.08. The van der Waals surface area contributed by atoms with E-state index in [1.165, 1.54) is 24.5 Å². The minimum atomic E-state index is -0.375. The second-order valence-electron chi connectivity index (χ2n) is 6.95. The molecule has 0 radical (unpaired) electrons. The summed E-state index contributed by atoms with van der Waals surface area (Å²) in [5.41, 5.74) is 4.07. The number of esters is 1. The second-order valence-corrected chi connectivity index (χ2v) is 8.19. The molecule has 1 N–H and O–H groups in total. The van der Waals surface area contributed by atoms with Gasteiger partial charge in [0, 0.05) is 16.6 Å². The molecule has 4 aromatic rings. The number of hydrogen-bond acceptors (Lipinski definition) is 5. The van der Waals surface area contributed by atoms with Crippen LogP contribution in [0.25, 0.3) is 16.2 Å². The normalized spacial score (nSPS) is 11.1. The van der Waals surface area contributed by atoms with Crippen molar-refractivity contribution in [2.75, 3.05) is 12.4 Å². The number of thiazole rings is 1. The summed E-state index contributed by atoms with van der Waals surface area (Å²) in [5, 5.41) is 5.73. The van der Waals surface area contributed by atoms with Crippen molar-refractivity contribution in [2.24, 2.45) is 0 Å². The number of halogens is 2. The summed E-state index contributed by atoms with van der Waals surface area (Å²) in [6.45, 7) is 3.83. The van der Waals surface area contributed by atoms with Crippen molar-refractivity contribution < 1.29 is 13.9 Å². The molecule has 0 aliphatic heterocycles. The molecule has 2 aromatic heterocycles. The number of rotatable bonds is 5. The second kappa shape index (κ2) is 8.08. The molecule has 0 atom stereocenters. The summed E-state index contributed by atoms with van der Waals surface area (Å²) >= 11 is 7.81. The fraction of sp³-hybridized carbons (Fsp3) is 0.182. The van der Waals surface area contributed by atoms with Crippen LogP contribution in [-0.2, 0) is 16.0 Å². The summed E-state index contributed by atoms with van der Waals surface area (Å²) in [5.74, 6) is -0.197. The number of hydrogen-bond donors (Lipinski definition) is 1. The molecule has 2 heterocycles. The third kappa shape index (κ3) is 3.66. The van der Waals surface area contributed by atoms with E-state index in [9.17, 15) is 9.18 Å². The van der Waals surface area contributed by atoms with Gasteiger partial charge in [0.1, 0.15) is 17.3 Å². The van der Waals surface area contributed by atoms with Crippen LogP contribution in [0.15, 0.2) is 41.8 Å². The lowest BCUT2D eigenvalue weighted by Gasteiger charge is -2.14. The van der Waals surface area contributed by atoms with Crippen molar-refractivity contribution in [1.29, 1.82) is 0 Å². The molecule has 0 saturated heterocycles. The number of anilines is 2. The number of ether oxygens (including phenoxy) is 1. The summed E-state index contributed by atoms with van der Waals surface area (Å²) in [6.07, 6.45) is 0.0682. The first-order valence-electron chi connectivity index (χ1n) is 9.23. The molecule has 0 bridgehead atoms. The number of aryl methyl sites for hydroxylation is 2. The van der Waals surface area contributed by atoms with Gasteiger partial charge in [-0.2, -0.15) is 0 Å². The Kier molecular flexibility index (Phi) is 5.49. The van der Waals surface area contributed by atoms with Gasteiger partial charge in [0.05, 0.1) is 24.2 Å². The zero-order chi connectivity index (χ0) is 21.4. The third-order valence-electron chi connectivity index (χ3n) is 4.83. The molecule has 0 aliphatic rings. The first-order chi connectivity index (χ1) is 14.4. The van der Waals surface area contributed by atoms with Gasteiger partial charge in [-0.05, 0) is 37.6 Å². The third-order valence-corrected chi connectivity index (χ3v) is 6.02. The highest BCUT2D eigenvalue weighted by Gasteiger charge is 2.23. The average Bonchev–Trinajstić information content (AvgIpc) is 3.27. The van der Waals surface area contributed by atoms with Crippen LogP contribution in [-0.4, -0.2) is 22.5 Å². The topological polar surface area (TPSA) is 55.6 Å². The Morgan fingerprint density at radius 3 is 2.83 bits per heavy atom. The highest BCUT2D eigenvalue weighted by atomic mass is 35.5. The first kappa shape index (κ1) is 20.4. The van der Waals surface area contributed by atoms with Gasteiger partial charge in [-0.3, -0.25) is 9.20 Å². The number of nitrogens with one attached hydrogen (secondary N) is 1. The molecule has 5 nitrogen and oxygen atoms in total. The summed E-state index contributed by atoms with van der Waals surface area (Å²) in [4.78, 5) is 17.2. The van der Waals surface area contributed by atoms with E-state index in [1.807, 2.05) is 35.8 Å². The van der Waals surface area contributed by atoms with Crippen LogP contribution in [0.4, 0.5) is 15.9 Å². The number of nitrogens with zero attached hydrogens (tertiary/aromatic N) is 2. The Bertz CT molecular complexity index is 1240. The first-order valence-corrected chi connectivity index (χ1v) is 10.5. The fourth-order valence-electron chi connectivity index (χ4n) is 3.29. The minimum Gasteiger partial charge on any atom is -0.469 e. The van der Waals surface area contributed by atoms with Crippen LogP contribution in [0.1, 0.15) is 16.8 Å². The van der Waals surface area contributed by atoms with E-state index in [-0.39, 0.29) is 18.2 Å². The highest BCUT2D eigenvalue weighted by molar-refractivity contribution is 7.15. The number of fused-ring (bicyclic) bond motifs is 1. The van der Waals surface area contributed by atoms with Crippen LogP contribution >= 0.6 is 22.9 Å². The molecule has 2 aromatic carbocycles. The maximum Gasteiger partial charge on any atom is 0.311 e. The maximum absolute atomic E-state index is 14.8. The number of methoxy groups -OCH3 is 1. The molecule has 8 heteroatoms. The molecule has 154 valence electrons. The predicted octanol–water partition coefficient (Wildman–Crippen LogP) is 5.93. The number of benzene rings is 2. The molecule has 0 unspecified atom stereocenters. The van der Waals surface area contributed by atoms with Crippen LogP contribution in [0.5, 0.6) is 0 Å². The maximum atomic E-state index is 14.8. The van der Waals surface area contributed by atoms with Gasteiger partial charge in [-0.1, -0.05) is 35.4 Å². The van der Waals surface area contributed by atoms with E-state index in [0.717, 1.165) is 11.1 Å². The molecule has 30 heavy (non-hydrogen) atoms. The van der Waals surface area contributed by atoms with Gasteiger partial charge in [0.2, 0.25) is 0 Å². The summed E-state index contributed by atoms with van der Waals surface area (Å²) < 4.78 is 21.4. The molecule has 0 aliphatic carbocycles. The Labute approximate surface area is 182 Å². The van der Waals surface area contributed by atoms with Crippen molar-refractivity contribution >= 4 is 45.4 Å². The van der Waals surface area contributed by atoms with E-state index in [1.54, 1.807) is 18.2 Å². The quantitative estimate of drug-likeness (QED) is 0.388. The Morgan fingerprint density at radius 2 is 2.10 bits per heavy atom. The Balaban J connectivity index is 1.96. The standard InChI is InChI=1S/C22H19ClFN3O2S/c1-12-7-8-17(24)15(9-12)20-21(25-19-13(2)5-4-6-16(19)23)27-14(10-18(28)29-3)11-30-22(27)26-20/h4-9,11,25H,10H2,1-3H3. The van der Waals surface area contributed by atoms with Gasteiger partial charge >= 0.3 is 5.97 Å². The summed E-state index contributed by atoms with van der Waals surface area (Å²) in [6, 6.07) is 10.5. The van der Waals surface area contributed by atoms with Crippen molar-refractivity contribution in [2.45, 2.75) is 20.3 Å². The number of aromatic nitrogens is 2. The van der Waals surface area contributed by atoms with Crippen LogP contribution in [0.2, 0.25) is 5.02 Å². The van der Waals surface area contributed by atoms with Gasteiger partial charge in [-0.25, -0.2) is 9.37 Å². The van der Waals surface area contributed by atoms with E-state index in [2.05, 4.69) is 10.3 Å². The predicted molar refractivity (Wildman–Crippen MR) is 118 cm³/mol. The van der Waals surface area contributed by atoms with E-state index in [0.29, 0.717) is 38.4 Å². The van der Waals surface area contributed by atoms with Crippen molar-refractivity contribution in [3.8, 4) is 11.3 Å². The molecule has 0 spiro atoms. The van der Waals surface area contributed by atoms with Gasteiger partial charge in [0.25, 0.3) is 0 Å². The average molecular weight is 444 g/mol.